The van der Waals surface area contributed by atoms with Gasteiger partial charge in [0.15, 0.2) is 0 Å². The average molecular weight is 291 g/mol. The van der Waals surface area contributed by atoms with Crippen molar-refractivity contribution in [2.75, 3.05) is 0 Å². The molecule has 0 aromatic rings. The molecule has 6 heteroatoms. The monoisotopic (exact) mass is 291 g/mol. The van der Waals surface area contributed by atoms with Gasteiger partial charge in [-0.05, 0) is 6.42 Å². The van der Waals surface area contributed by atoms with Gasteiger partial charge in [0.05, 0.1) is 4.91 Å². The molecule has 5 nitrogen and oxygen atoms in total. The highest BCUT2D eigenvalue weighted by molar-refractivity contribution is 7.85. The summed E-state index contributed by atoms with van der Waals surface area (Å²) >= 11 is 3.40. The first-order chi connectivity index (χ1) is 8.82. The molecule has 0 aliphatic rings. The van der Waals surface area contributed by atoms with E-state index in [0.29, 0.717) is 6.42 Å². The van der Waals surface area contributed by atoms with E-state index in [9.17, 15) is 9.59 Å². The van der Waals surface area contributed by atoms with E-state index in [2.05, 4.69) is 26.1 Å². The number of unbranched alkanes of at least 4 members (excludes halogenated alkanes) is 5. The SMILES string of the molecule is C=C(S)C(=O)O.CCCCCCCCC(N)C(=O)O. The molecule has 0 aliphatic carbocycles. The van der Waals surface area contributed by atoms with Crippen LogP contribution in [0.2, 0.25) is 0 Å². The lowest BCUT2D eigenvalue weighted by atomic mass is 10.1. The van der Waals surface area contributed by atoms with Crippen molar-refractivity contribution in [1.29, 1.82) is 0 Å². The van der Waals surface area contributed by atoms with E-state index in [1.807, 2.05) is 0 Å². The summed E-state index contributed by atoms with van der Waals surface area (Å²) in [7, 11) is 0. The molecule has 0 saturated carbocycles. The molecular weight excluding hydrogens is 266 g/mol. The van der Waals surface area contributed by atoms with Gasteiger partial charge in [-0.25, -0.2) is 4.79 Å². The number of nitrogens with two attached hydrogens (primary N) is 1. The molecule has 1 atom stereocenters. The van der Waals surface area contributed by atoms with E-state index < -0.39 is 18.0 Å². The zero-order chi connectivity index (χ0) is 15.3. The van der Waals surface area contributed by atoms with E-state index in [1.54, 1.807) is 0 Å². The number of rotatable bonds is 9. The number of aliphatic carboxylic acids is 2. The first-order valence-electron chi connectivity index (χ1n) is 6.42. The first-order valence-corrected chi connectivity index (χ1v) is 6.87. The lowest BCUT2D eigenvalue weighted by molar-refractivity contribution is -0.138. The predicted molar refractivity (Wildman–Crippen MR) is 79.4 cm³/mol. The largest absolute Gasteiger partial charge is 0.480 e. The number of carbonyl (C=O) groups is 2. The van der Waals surface area contributed by atoms with Crippen molar-refractivity contribution in [3.8, 4) is 0 Å². The highest BCUT2D eigenvalue weighted by Gasteiger charge is 2.09. The van der Waals surface area contributed by atoms with Crippen LogP contribution in [0.5, 0.6) is 0 Å². The molecular formula is C13H25NO4S. The fourth-order valence-electron chi connectivity index (χ4n) is 1.27. The van der Waals surface area contributed by atoms with Crippen LogP contribution >= 0.6 is 12.6 Å². The highest BCUT2D eigenvalue weighted by atomic mass is 32.1. The lowest BCUT2D eigenvalue weighted by Crippen LogP contribution is -2.29. The van der Waals surface area contributed by atoms with Crippen LogP contribution in [-0.2, 0) is 9.59 Å². The molecule has 0 saturated heterocycles. The Morgan fingerprint density at radius 3 is 1.95 bits per heavy atom. The van der Waals surface area contributed by atoms with Crippen LogP contribution in [0.1, 0.15) is 51.9 Å². The van der Waals surface area contributed by atoms with Crippen molar-refractivity contribution in [1.82, 2.24) is 0 Å². The molecule has 0 bridgehead atoms. The summed E-state index contributed by atoms with van der Waals surface area (Å²) in [4.78, 5) is 19.7. The molecule has 112 valence electrons. The van der Waals surface area contributed by atoms with Gasteiger partial charge in [0, 0.05) is 0 Å². The fourth-order valence-corrected chi connectivity index (χ4v) is 1.27. The average Bonchev–Trinajstić information content (AvgIpc) is 2.33. The van der Waals surface area contributed by atoms with Crippen molar-refractivity contribution < 1.29 is 19.8 Å². The minimum Gasteiger partial charge on any atom is -0.480 e. The summed E-state index contributed by atoms with van der Waals surface area (Å²) in [6, 6.07) is -0.661. The number of carboxylic acids is 2. The van der Waals surface area contributed by atoms with E-state index in [-0.39, 0.29) is 4.91 Å². The fraction of sp³-hybridized carbons (Fsp3) is 0.692. The van der Waals surface area contributed by atoms with Crippen LogP contribution in [0.25, 0.3) is 0 Å². The minimum atomic E-state index is -1.07. The topological polar surface area (TPSA) is 101 Å². The highest BCUT2D eigenvalue weighted by Crippen LogP contribution is 2.07. The van der Waals surface area contributed by atoms with E-state index in [0.717, 1.165) is 12.8 Å². The van der Waals surface area contributed by atoms with Gasteiger partial charge in [-0.15, -0.1) is 12.6 Å². The Morgan fingerprint density at radius 1 is 1.16 bits per heavy atom. The van der Waals surface area contributed by atoms with Gasteiger partial charge < -0.3 is 15.9 Å². The summed E-state index contributed by atoms with van der Waals surface area (Å²) in [5.74, 6) is -1.95. The molecule has 4 N–H and O–H groups in total. The van der Waals surface area contributed by atoms with Crippen LogP contribution < -0.4 is 5.73 Å². The molecule has 0 aromatic carbocycles. The molecule has 1 unspecified atom stereocenters. The van der Waals surface area contributed by atoms with Gasteiger partial charge in [-0.3, -0.25) is 4.79 Å². The van der Waals surface area contributed by atoms with Crippen molar-refractivity contribution in [2.45, 2.75) is 57.9 Å². The first kappa shape index (κ1) is 20.3. The predicted octanol–water partition coefficient (Wildman–Crippen LogP) is 2.66. The molecule has 0 aliphatic heterocycles. The smallest absolute Gasteiger partial charge is 0.341 e. The Labute approximate surface area is 120 Å². The molecule has 0 fully saturated rings. The lowest BCUT2D eigenvalue weighted by Gasteiger charge is -2.05. The molecule has 0 radical (unpaired) electrons. The standard InChI is InChI=1S/C10H21NO2.C3H4O2S/c1-2-3-4-5-6-7-8-9(11)10(12)13;1-2(6)3(4)5/h9H,2-8,11H2,1H3,(H,12,13);6H,1H2,(H,4,5). The van der Waals surface area contributed by atoms with Gasteiger partial charge in [-0.2, -0.15) is 0 Å². The summed E-state index contributed by atoms with van der Waals surface area (Å²) in [6.07, 6.45) is 7.66. The summed E-state index contributed by atoms with van der Waals surface area (Å²) in [5.41, 5.74) is 5.36. The Morgan fingerprint density at radius 2 is 1.58 bits per heavy atom. The Bertz CT molecular complexity index is 270. The summed E-state index contributed by atoms with van der Waals surface area (Å²) in [6.45, 7) is 5.20. The molecule has 0 spiro atoms. The summed E-state index contributed by atoms with van der Waals surface area (Å²) in [5, 5.41) is 16.3. The van der Waals surface area contributed by atoms with Gasteiger partial charge in [0.25, 0.3) is 0 Å². The third-order valence-corrected chi connectivity index (χ3v) is 2.62. The van der Waals surface area contributed by atoms with Crippen molar-refractivity contribution in [3.63, 3.8) is 0 Å². The third kappa shape index (κ3) is 17.0. The zero-order valence-corrected chi connectivity index (χ0v) is 12.4. The Kier molecular flexibility index (Phi) is 14.3. The second-order valence-corrected chi connectivity index (χ2v) is 4.79. The van der Waals surface area contributed by atoms with Gasteiger partial charge in [0.1, 0.15) is 6.04 Å². The molecule has 0 amide bonds. The minimum absolute atomic E-state index is 0.130. The maximum Gasteiger partial charge on any atom is 0.341 e. The maximum atomic E-state index is 10.3. The number of hydrogen-bond donors (Lipinski definition) is 4. The quantitative estimate of drug-likeness (QED) is 0.297. The molecule has 0 heterocycles. The number of carboxylic acid groups (broad SMARTS) is 2. The molecule has 0 rings (SSSR count). The summed E-state index contributed by atoms with van der Waals surface area (Å²) < 4.78 is 0. The van der Waals surface area contributed by atoms with E-state index in [1.165, 1.54) is 25.7 Å². The molecule has 19 heavy (non-hydrogen) atoms. The number of thiol groups is 1. The maximum absolute atomic E-state index is 10.3. The van der Waals surface area contributed by atoms with Crippen LogP contribution in [-0.4, -0.2) is 28.2 Å². The van der Waals surface area contributed by atoms with Crippen LogP contribution in [0.15, 0.2) is 11.5 Å². The Hall–Kier alpha value is -1.01. The third-order valence-electron chi connectivity index (χ3n) is 2.43. The van der Waals surface area contributed by atoms with E-state index in [4.69, 9.17) is 15.9 Å². The van der Waals surface area contributed by atoms with Crippen molar-refractivity contribution >= 4 is 24.6 Å². The second-order valence-electron chi connectivity index (χ2n) is 4.25. The van der Waals surface area contributed by atoms with Gasteiger partial charge >= 0.3 is 11.9 Å². The van der Waals surface area contributed by atoms with E-state index >= 15 is 0 Å². The van der Waals surface area contributed by atoms with Crippen LogP contribution in [0, 0.1) is 0 Å². The van der Waals surface area contributed by atoms with Crippen LogP contribution in [0.3, 0.4) is 0 Å². The van der Waals surface area contributed by atoms with Gasteiger partial charge in [0.2, 0.25) is 0 Å². The zero-order valence-electron chi connectivity index (χ0n) is 11.5. The molecule has 0 aromatic heterocycles. The van der Waals surface area contributed by atoms with Crippen molar-refractivity contribution in [3.05, 3.63) is 11.5 Å². The van der Waals surface area contributed by atoms with Crippen LogP contribution in [0.4, 0.5) is 0 Å². The second kappa shape index (κ2) is 13.4. The van der Waals surface area contributed by atoms with Crippen molar-refractivity contribution in [2.24, 2.45) is 5.73 Å². The Balaban J connectivity index is 0. The van der Waals surface area contributed by atoms with Gasteiger partial charge in [-0.1, -0.05) is 52.0 Å². The number of hydrogen-bond acceptors (Lipinski definition) is 4. The normalized spacial score (nSPS) is 11.1.